The summed E-state index contributed by atoms with van der Waals surface area (Å²) in [5.74, 6) is 0.749. The highest BCUT2D eigenvalue weighted by Gasteiger charge is 2.22. The van der Waals surface area contributed by atoms with Crippen molar-refractivity contribution in [2.75, 3.05) is 19.6 Å². The molecule has 21 heavy (non-hydrogen) atoms. The molecule has 120 valence electrons. The molecule has 0 amide bonds. The lowest BCUT2D eigenvalue weighted by atomic mass is 9.97. The summed E-state index contributed by atoms with van der Waals surface area (Å²) in [5.41, 5.74) is 2.12. The van der Waals surface area contributed by atoms with Crippen molar-refractivity contribution in [3.8, 4) is 0 Å². The Morgan fingerprint density at radius 3 is 2.86 bits per heavy atom. The highest BCUT2D eigenvalue weighted by Crippen LogP contribution is 2.24. The first kappa shape index (κ1) is 16.8. The second kappa shape index (κ2) is 7.61. The van der Waals surface area contributed by atoms with Crippen LogP contribution in [0.1, 0.15) is 45.0 Å². The molecule has 1 aromatic rings. The Morgan fingerprint density at radius 1 is 1.43 bits per heavy atom. The number of hydrogen-bond donors (Lipinski definition) is 1. The summed E-state index contributed by atoms with van der Waals surface area (Å²) in [5, 5.41) is 8.93. The van der Waals surface area contributed by atoms with Crippen LogP contribution >= 0.6 is 11.6 Å². The van der Waals surface area contributed by atoms with Gasteiger partial charge in [0, 0.05) is 25.7 Å². The second-order valence-electron chi connectivity index (χ2n) is 6.47. The third-order valence-electron chi connectivity index (χ3n) is 4.24. The third-order valence-corrected chi connectivity index (χ3v) is 4.74. The average molecular weight is 313 g/mol. The Bertz CT molecular complexity index is 455. The number of nitrogens with zero attached hydrogens (tertiary/aromatic N) is 3. The van der Waals surface area contributed by atoms with Crippen LogP contribution in [0.25, 0.3) is 0 Å². The topological polar surface area (TPSA) is 33.1 Å². The van der Waals surface area contributed by atoms with Crippen LogP contribution in [-0.4, -0.2) is 40.4 Å². The lowest BCUT2D eigenvalue weighted by Crippen LogP contribution is -2.40. The number of rotatable bonds is 6. The van der Waals surface area contributed by atoms with Gasteiger partial charge in [-0.2, -0.15) is 5.10 Å². The molecule has 1 N–H and O–H groups in total. The average Bonchev–Trinajstić information content (AvgIpc) is 2.73. The molecule has 1 unspecified atom stereocenters. The molecule has 0 aromatic carbocycles. The molecule has 0 radical (unpaired) electrons. The van der Waals surface area contributed by atoms with Crippen LogP contribution in [0.5, 0.6) is 0 Å². The molecule has 2 rings (SSSR count). The zero-order valence-electron chi connectivity index (χ0n) is 13.8. The monoisotopic (exact) mass is 312 g/mol. The first-order chi connectivity index (χ1) is 10.0. The molecule has 0 bridgehead atoms. The van der Waals surface area contributed by atoms with Gasteiger partial charge in [0.15, 0.2) is 0 Å². The van der Waals surface area contributed by atoms with Gasteiger partial charge in [0.25, 0.3) is 0 Å². The summed E-state index contributed by atoms with van der Waals surface area (Å²) in [7, 11) is 0. The van der Waals surface area contributed by atoms with Gasteiger partial charge in [-0.25, -0.2) is 0 Å². The molecule has 4 nitrogen and oxygen atoms in total. The minimum absolute atomic E-state index is 0.569. The number of aryl methyl sites for hydroxylation is 2. The highest BCUT2D eigenvalue weighted by molar-refractivity contribution is 6.31. The van der Waals surface area contributed by atoms with E-state index in [1.165, 1.54) is 25.1 Å². The number of hydrogen-bond acceptors (Lipinski definition) is 3. The first-order valence-corrected chi connectivity index (χ1v) is 8.56. The van der Waals surface area contributed by atoms with E-state index in [-0.39, 0.29) is 0 Å². The van der Waals surface area contributed by atoms with Crippen LogP contribution in [0.3, 0.4) is 0 Å². The van der Waals surface area contributed by atoms with Gasteiger partial charge in [0.1, 0.15) is 0 Å². The maximum Gasteiger partial charge on any atom is 0.0860 e. The fourth-order valence-electron chi connectivity index (χ4n) is 3.10. The van der Waals surface area contributed by atoms with Crippen molar-refractivity contribution in [2.45, 2.75) is 59.7 Å². The van der Waals surface area contributed by atoms with Gasteiger partial charge in [0.2, 0.25) is 0 Å². The zero-order valence-corrected chi connectivity index (χ0v) is 14.6. The Kier molecular flexibility index (Phi) is 6.08. The summed E-state index contributed by atoms with van der Waals surface area (Å²) in [4.78, 5) is 2.53. The Balaban J connectivity index is 1.96. The Morgan fingerprint density at radius 2 is 2.19 bits per heavy atom. The van der Waals surface area contributed by atoms with Crippen molar-refractivity contribution in [3.63, 3.8) is 0 Å². The molecule has 2 heterocycles. The summed E-state index contributed by atoms with van der Waals surface area (Å²) in [6.45, 7) is 13.8. The fourth-order valence-corrected chi connectivity index (χ4v) is 3.29. The van der Waals surface area contributed by atoms with Gasteiger partial charge in [-0.15, -0.1) is 0 Å². The summed E-state index contributed by atoms with van der Waals surface area (Å²) in [6.07, 6.45) is 2.61. The van der Waals surface area contributed by atoms with Crippen LogP contribution in [0, 0.1) is 12.8 Å². The third kappa shape index (κ3) is 4.44. The molecule has 5 heteroatoms. The van der Waals surface area contributed by atoms with Crippen molar-refractivity contribution in [2.24, 2.45) is 5.92 Å². The molecule has 0 saturated carbocycles. The van der Waals surface area contributed by atoms with Crippen molar-refractivity contribution >= 4 is 11.6 Å². The van der Waals surface area contributed by atoms with E-state index < -0.39 is 0 Å². The van der Waals surface area contributed by atoms with Gasteiger partial charge in [-0.3, -0.25) is 9.58 Å². The van der Waals surface area contributed by atoms with Crippen LogP contribution in [0.4, 0.5) is 0 Å². The molecular formula is C16H29ClN4. The minimum atomic E-state index is 0.569. The molecule has 1 atom stereocenters. The molecule has 1 saturated heterocycles. The lowest BCUT2D eigenvalue weighted by molar-refractivity contribution is 0.160. The number of nitrogens with one attached hydrogen (secondary N) is 1. The van der Waals surface area contributed by atoms with Gasteiger partial charge in [-0.1, -0.05) is 25.4 Å². The van der Waals surface area contributed by atoms with Crippen molar-refractivity contribution in [1.29, 1.82) is 0 Å². The maximum atomic E-state index is 6.43. The van der Waals surface area contributed by atoms with E-state index in [4.69, 9.17) is 11.6 Å². The SMILES string of the molecule is CCn1nc(C)c(Cl)c1CN1CCCC(CNC(C)C)C1. The molecule has 1 aromatic heterocycles. The quantitative estimate of drug-likeness (QED) is 0.876. The minimum Gasteiger partial charge on any atom is -0.314 e. The highest BCUT2D eigenvalue weighted by atomic mass is 35.5. The summed E-state index contributed by atoms with van der Waals surface area (Å²) >= 11 is 6.43. The van der Waals surface area contributed by atoms with Crippen LogP contribution < -0.4 is 5.32 Å². The summed E-state index contributed by atoms with van der Waals surface area (Å²) in [6, 6.07) is 0.569. The van der Waals surface area contributed by atoms with E-state index in [0.717, 1.165) is 42.8 Å². The van der Waals surface area contributed by atoms with E-state index in [0.29, 0.717) is 6.04 Å². The van der Waals surface area contributed by atoms with E-state index in [1.807, 2.05) is 11.6 Å². The molecule has 1 fully saturated rings. The van der Waals surface area contributed by atoms with Crippen molar-refractivity contribution in [1.82, 2.24) is 20.0 Å². The van der Waals surface area contributed by atoms with Gasteiger partial charge in [-0.05, 0) is 45.7 Å². The first-order valence-electron chi connectivity index (χ1n) is 8.18. The maximum absolute atomic E-state index is 6.43. The number of piperidine rings is 1. The Labute approximate surface area is 133 Å². The van der Waals surface area contributed by atoms with E-state index in [2.05, 4.69) is 36.1 Å². The van der Waals surface area contributed by atoms with E-state index in [9.17, 15) is 0 Å². The van der Waals surface area contributed by atoms with Crippen molar-refractivity contribution < 1.29 is 0 Å². The molecular weight excluding hydrogens is 284 g/mol. The predicted molar refractivity (Wildman–Crippen MR) is 88.8 cm³/mol. The number of likely N-dealkylation sites (tertiary alicyclic amines) is 1. The van der Waals surface area contributed by atoms with Gasteiger partial charge < -0.3 is 5.32 Å². The summed E-state index contributed by atoms with van der Waals surface area (Å²) < 4.78 is 2.05. The molecule has 0 spiro atoms. The standard InChI is InChI=1S/C16H29ClN4/c1-5-21-15(16(17)13(4)19-21)11-20-8-6-7-14(10-20)9-18-12(2)3/h12,14,18H,5-11H2,1-4H3. The van der Waals surface area contributed by atoms with Crippen molar-refractivity contribution in [3.05, 3.63) is 16.4 Å². The normalized spacial score (nSPS) is 20.4. The predicted octanol–water partition coefficient (Wildman–Crippen LogP) is 3.07. The second-order valence-corrected chi connectivity index (χ2v) is 6.85. The zero-order chi connectivity index (χ0) is 15.4. The van der Waals surface area contributed by atoms with Crippen LogP contribution in [0.2, 0.25) is 5.02 Å². The van der Waals surface area contributed by atoms with Gasteiger partial charge in [0.05, 0.1) is 16.4 Å². The van der Waals surface area contributed by atoms with Crippen LogP contribution in [0.15, 0.2) is 0 Å². The Hall–Kier alpha value is -0.580. The molecule has 0 aliphatic carbocycles. The lowest BCUT2D eigenvalue weighted by Gasteiger charge is -2.33. The number of halogens is 1. The number of aromatic nitrogens is 2. The smallest absolute Gasteiger partial charge is 0.0860 e. The molecule has 1 aliphatic rings. The van der Waals surface area contributed by atoms with Crippen LogP contribution in [-0.2, 0) is 13.1 Å². The van der Waals surface area contributed by atoms with E-state index >= 15 is 0 Å². The largest absolute Gasteiger partial charge is 0.314 e. The fraction of sp³-hybridized carbons (Fsp3) is 0.812. The van der Waals surface area contributed by atoms with E-state index in [1.54, 1.807) is 0 Å². The van der Waals surface area contributed by atoms with Gasteiger partial charge >= 0.3 is 0 Å². The molecule has 1 aliphatic heterocycles.